The number of piperidine rings is 1. The average Bonchev–Trinajstić information content (AvgIpc) is 3.08. The molecule has 1 unspecified atom stereocenters. The summed E-state index contributed by atoms with van der Waals surface area (Å²) in [6.45, 7) is -0.294. The monoisotopic (exact) mass is 322 g/mol. The number of carbonyl (C=O) groups excluding carboxylic acids is 1. The molecule has 1 fully saturated rings. The Bertz CT molecular complexity index is 647. The van der Waals surface area contributed by atoms with Crippen LogP contribution in [0.15, 0.2) is 47.2 Å². The van der Waals surface area contributed by atoms with Crippen LogP contribution in [0.4, 0.5) is 8.78 Å². The van der Waals surface area contributed by atoms with Gasteiger partial charge in [0.2, 0.25) is 5.88 Å². The lowest BCUT2D eigenvalue weighted by Gasteiger charge is -2.37. The molecule has 0 saturated carbocycles. The Balaban J connectivity index is 1.66. The molecule has 0 bridgehead atoms. The third kappa shape index (κ3) is 3.49. The quantitative estimate of drug-likeness (QED) is 0.868. The van der Waals surface area contributed by atoms with E-state index in [1.807, 2.05) is 0 Å². The van der Waals surface area contributed by atoms with E-state index in [0.717, 1.165) is 0 Å². The van der Waals surface area contributed by atoms with Crippen molar-refractivity contribution < 1.29 is 22.7 Å². The van der Waals surface area contributed by atoms with Crippen molar-refractivity contribution in [2.45, 2.75) is 12.3 Å². The first kappa shape index (κ1) is 15.5. The molecule has 0 radical (unpaired) electrons. The Morgan fingerprint density at radius 1 is 1.39 bits per heavy atom. The molecule has 1 amide bonds. The lowest BCUT2D eigenvalue weighted by atomic mass is 9.94. The molecule has 1 atom stereocenters. The summed E-state index contributed by atoms with van der Waals surface area (Å²) in [5.41, 5.74) is 0. The van der Waals surface area contributed by atoms with Crippen molar-refractivity contribution in [2.75, 3.05) is 19.7 Å². The van der Waals surface area contributed by atoms with E-state index < -0.39 is 18.3 Å². The zero-order valence-corrected chi connectivity index (χ0v) is 12.3. The molecule has 1 aliphatic heterocycles. The van der Waals surface area contributed by atoms with Gasteiger partial charge in [-0.3, -0.25) is 4.79 Å². The van der Waals surface area contributed by atoms with Crippen LogP contribution in [0.2, 0.25) is 0 Å². The summed E-state index contributed by atoms with van der Waals surface area (Å²) in [6.07, 6.45) is 2.52. The number of amides is 1. The van der Waals surface area contributed by atoms with Crippen LogP contribution in [-0.2, 0) is 0 Å². The molecule has 1 aliphatic rings. The highest BCUT2D eigenvalue weighted by atomic mass is 19.3. The number of halogens is 2. The molecule has 0 N–H and O–H groups in total. The van der Waals surface area contributed by atoms with Crippen molar-refractivity contribution in [3.8, 4) is 5.88 Å². The van der Waals surface area contributed by atoms with Crippen LogP contribution in [0.1, 0.15) is 17.0 Å². The standard InChI is InChI=1S/C16H16F2N2O3/c17-16(18)6-8-20(15(21)13-4-3-9-22-13)10-12(16)11-23-14-5-1-2-7-19-14/h1-5,7,9,12H,6,8,10-11H2. The summed E-state index contributed by atoms with van der Waals surface area (Å²) in [7, 11) is 0. The Labute approximate surface area is 131 Å². The van der Waals surface area contributed by atoms with Crippen LogP contribution in [0, 0.1) is 5.92 Å². The highest BCUT2D eigenvalue weighted by Crippen LogP contribution is 2.34. The average molecular weight is 322 g/mol. The van der Waals surface area contributed by atoms with E-state index in [9.17, 15) is 13.6 Å². The first-order valence-electron chi connectivity index (χ1n) is 7.31. The van der Waals surface area contributed by atoms with E-state index in [2.05, 4.69) is 4.98 Å². The number of aromatic nitrogens is 1. The van der Waals surface area contributed by atoms with Gasteiger partial charge in [-0.05, 0) is 18.2 Å². The van der Waals surface area contributed by atoms with Crippen LogP contribution < -0.4 is 4.74 Å². The van der Waals surface area contributed by atoms with Crippen LogP contribution in [-0.4, -0.2) is 41.4 Å². The van der Waals surface area contributed by atoms with Gasteiger partial charge in [0.25, 0.3) is 11.8 Å². The predicted molar refractivity (Wildman–Crippen MR) is 77.4 cm³/mol. The van der Waals surface area contributed by atoms with Gasteiger partial charge in [0, 0.05) is 31.8 Å². The van der Waals surface area contributed by atoms with Crippen LogP contribution in [0.3, 0.4) is 0 Å². The minimum absolute atomic E-state index is 0.00732. The summed E-state index contributed by atoms with van der Waals surface area (Å²) in [6, 6.07) is 8.15. The van der Waals surface area contributed by atoms with Crippen molar-refractivity contribution in [2.24, 2.45) is 5.92 Å². The topological polar surface area (TPSA) is 55.6 Å². The summed E-state index contributed by atoms with van der Waals surface area (Å²) in [5, 5.41) is 0. The first-order chi connectivity index (χ1) is 11.1. The van der Waals surface area contributed by atoms with Gasteiger partial charge in [0.05, 0.1) is 12.2 Å². The molecule has 23 heavy (non-hydrogen) atoms. The molecule has 3 rings (SSSR count). The SMILES string of the molecule is O=C(c1ccco1)N1CCC(F)(F)C(COc2ccccn2)C1. The number of nitrogens with zero attached hydrogens (tertiary/aromatic N) is 2. The fraction of sp³-hybridized carbons (Fsp3) is 0.375. The second kappa shape index (κ2) is 6.36. The number of carbonyl (C=O) groups is 1. The molecule has 3 heterocycles. The van der Waals surface area contributed by atoms with Gasteiger partial charge in [0.15, 0.2) is 5.76 Å². The van der Waals surface area contributed by atoms with E-state index in [4.69, 9.17) is 9.15 Å². The maximum atomic E-state index is 14.1. The Kier molecular flexibility index (Phi) is 4.27. The van der Waals surface area contributed by atoms with Crippen molar-refractivity contribution in [3.05, 3.63) is 48.6 Å². The second-order valence-corrected chi connectivity index (χ2v) is 5.42. The molecule has 1 saturated heterocycles. The number of furan rings is 1. The number of pyridine rings is 1. The van der Waals surface area contributed by atoms with E-state index in [1.54, 1.807) is 24.3 Å². The predicted octanol–water partition coefficient (Wildman–Crippen LogP) is 2.85. The summed E-state index contributed by atoms with van der Waals surface area (Å²) in [4.78, 5) is 17.5. The van der Waals surface area contributed by atoms with Gasteiger partial charge >= 0.3 is 0 Å². The van der Waals surface area contributed by atoms with E-state index in [1.165, 1.54) is 23.4 Å². The van der Waals surface area contributed by atoms with Crippen LogP contribution >= 0.6 is 0 Å². The van der Waals surface area contributed by atoms with E-state index in [0.29, 0.717) is 0 Å². The van der Waals surface area contributed by atoms with Gasteiger partial charge < -0.3 is 14.1 Å². The molecule has 2 aromatic rings. The van der Waals surface area contributed by atoms with Gasteiger partial charge in [-0.2, -0.15) is 0 Å². The third-order valence-electron chi connectivity index (χ3n) is 3.84. The van der Waals surface area contributed by atoms with Crippen LogP contribution in [0.5, 0.6) is 5.88 Å². The van der Waals surface area contributed by atoms with Gasteiger partial charge in [-0.25, -0.2) is 13.8 Å². The molecule has 2 aromatic heterocycles. The van der Waals surface area contributed by atoms with E-state index in [-0.39, 0.29) is 37.2 Å². The minimum atomic E-state index is -2.88. The number of hydrogen-bond acceptors (Lipinski definition) is 4. The fourth-order valence-corrected chi connectivity index (χ4v) is 2.51. The molecule has 5 nitrogen and oxygen atoms in total. The Morgan fingerprint density at radius 2 is 2.26 bits per heavy atom. The highest BCUT2D eigenvalue weighted by molar-refractivity contribution is 5.91. The van der Waals surface area contributed by atoms with Crippen molar-refractivity contribution in [3.63, 3.8) is 0 Å². The fourth-order valence-electron chi connectivity index (χ4n) is 2.51. The number of hydrogen-bond donors (Lipinski definition) is 0. The zero-order chi connectivity index (χ0) is 16.3. The molecular formula is C16H16F2N2O3. The minimum Gasteiger partial charge on any atom is -0.477 e. The molecule has 0 spiro atoms. The maximum Gasteiger partial charge on any atom is 0.289 e. The number of likely N-dealkylation sites (tertiary alicyclic amines) is 1. The van der Waals surface area contributed by atoms with Gasteiger partial charge in [-0.1, -0.05) is 6.07 Å². The molecule has 122 valence electrons. The largest absolute Gasteiger partial charge is 0.477 e. The first-order valence-corrected chi connectivity index (χ1v) is 7.31. The van der Waals surface area contributed by atoms with E-state index >= 15 is 0 Å². The summed E-state index contributed by atoms with van der Waals surface area (Å²) in [5.74, 6) is -3.91. The Morgan fingerprint density at radius 3 is 2.96 bits per heavy atom. The van der Waals surface area contributed by atoms with Gasteiger partial charge in [-0.15, -0.1) is 0 Å². The van der Waals surface area contributed by atoms with Crippen LogP contribution in [0.25, 0.3) is 0 Å². The maximum absolute atomic E-state index is 14.1. The number of alkyl halides is 2. The summed E-state index contributed by atoms with van der Waals surface area (Å²) >= 11 is 0. The normalized spacial score (nSPS) is 20.3. The highest BCUT2D eigenvalue weighted by Gasteiger charge is 2.46. The lowest BCUT2D eigenvalue weighted by Crippen LogP contribution is -2.51. The lowest BCUT2D eigenvalue weighted by molar-refractivity contribution is -0.111. The zero-order valence-electron chi connectivity index (χ0n) is 12.3. The second-order valence-electron chi connectivity index (χ2n) is 5.42. The molecule has 0 aromatic carbocycles. The Hall–Kier alpha value is -2.44. The molecular weight excluding hydrogens is 306 g/mol. The summed E-state index contributed by atoms with van der Waals surface area (Å²) < 4.78 is 38.6. The number of ether oxygens (including phenoxy) is 1. The molecule has 0 aliphatic carbocycles. The van der Waals surface area contributed by atoms with Crippen molar-refractivity contribution in [1.29, 1.82) is 0 Å². The smallest absolute Gasteiger partial charge is 0.289 e. The van der Waals surface area contributed by atoms with Gasteiger partial charge in [0.1, 0.15) is 6.61 Å². The molecule has 7 heteroatoms. The van der Waals surface area contributed by atoms with Crippen molar-refractivity contribution >= 4 is 5.91 Å². The third-order valence-corrected chi connectivity index (χ3v) is 3.84. The van der Waals surface area contributed by atoms with Crippen molar-refractivity contribution in [1.82, 2.24) is 9.88 Å². The number of rotatable bonds is 4.